The van der Waals surface area contributed by atoms with Crippen LogP contribution in [0.4, 0.5) is 5.69 Å². The highest BCUT2D eigenvalue weighted by Gasteiger charge is 2.23. The molecule has 0 N–H and O–H groups in total. The van der Waals surface area contributed by atoms with Crippen LogP contribution in [0.25, 0.3) is 10.2 Å². The van der Waals surface area contributed by atoms with E-state index in [1.54, 1.807) is 17.0 Å². The number of esters is 1. The lowest BCUT2D eigenvalue weighted by atomic mass is 10.2. The second-order valence-electron chi connectivity index (χ2n) is 7.04. The van der Waals surface area contributed by atoms with Gasteiger partial charge in [-0.15, -0.1) is 11.8 Å². The first-order valence-corrected chi connectivity index (χ1v) is 11.7. The number of ether oxygens (including phenoxy) is 1. The second kappa shape index (κ2) is 9.07. The van der Waals surface area contributed by atoms with Crippen LogP contribution in [0.2, 0.25) is 0 Å². The zero-order valence-corrected chi connectivity index (χ0v) is 18.8. The van der Waals surface area contributed by atoms with Crippen LogP contribution in [0, 0.1) is 0 Å². The fourth-order valence-electron chi connectivity index (χ4n) is 3.53. The monoisotopic (exact) mass is 455 g/mol. The van der Waals surface area contributed by atoms with E-state index in [0.717, 1.165) is 22.3 Å². The van der Waals surface area contributed by atoms with Gasteiger partial charge in [-0.2, -0.15) is 4.99 Å². The van der Waals surface area contributed by atoms with Gasteiger partial charge in [0.15, 0.2) is 4.80 Å². The fraction of sp³-hybridized carbons (Fsp3) is 0.273. The van der Waals surface area contributed by atoms with Gasteiger partial charge in [-0.1, -0.05) is 29.5 Å². The summed E-state index contributed by atoms with van der Waals surface area (Å²) < 4.78 is 7.41. The maximum absolute atomic E-state index is 12.6. The SMILES string of the molecule is COC(=O)c1ccc2c(c1)sc(=NC(=O)CSCC(=O)N1CCc3ccccc31)n2C. The third-order valence-corrected chi connectivity index (χ3v) is 7.09. The molecule has 2 aromatic carbocycles. The molecule has 4 rings (SSSR count). The number of amides is 2. The number of fused-ring (bicyclic) bond motifs is 2. The van der Waals surface area contributed by atoms with Gasteiger partial charge in [0.2, 0.25) is 5.91 Å². The Morgan fingerprint density at radius 1 is 1.16 bits per heavy atom. The van der Waals surface area contributed by atoms with E-state index in [1.807, 2.05) is 41.9 Å². The number of carbonyl (C=O) groups is 3. The fourth-order valence-corrected chi connectivity index (χ4v) is 5.27. The Hall–Kier alpha value is -2.91. The van der Waals surface area contributed by atoms with E-state index < -0.39 is 5.97 Å². The highest BCUT2D eigenvalue weighted by Crippen LogP contribution is 2.28. The van der Waals surface area contributed by atoms with Gasteiger partial charge in [-0.05, 0) is 36.2 Å². The third-order valence-electron chi connectivity index (χ3n) is 5.09. The standard InChI is InChI=1S/C22H21N3O4S2/c1-24-17-8-7-15(21(28)29-2)11-18(17)31-22(24)23-19(26)12-30-13-20(27)25-10-9-14-5-3-4-6-16(14)25/h3-8,11H,9-10,12-13H2,1-2H3. The number of rotatable bonds is 5. The van der Waals surface area contributed by atoms with Crippen molar-refractivity contribution in [3.05, 3.63) is 58.4 Å². The predicted molar refractivity (Wildman–Crippen MR) is 123 cm³/mol. The minimum absolute atomic E-state index is 0.00510. The number of hydrogen-bond acceptors (Lipinski definition) is 6. The number of thioether (sulfide) groups is 1. The number of thiazole rings is 1. The molecule has 3 aromatic rings. The zero-order valence-electron chi connectivity index (χ0n) is 17.2. The Balaban J connectivity index is 1.40. The van der Waals surface area contributed by atoms with Gasteiger partial charge in [0.1, 0.15) is 0 Å². The van der Waals surface area contributed by atoms with Crippen LogP contribution in [-0.4, -0.2) is 47.5 Å². The second-order valence-corrected chi connectivity index (χ2v) is 9.03. The average Bonchev–Trinajstić information content (AvgIpc) is 3.34. The lowest BCUT2D eigenvalue weighted by Crippen LogP contribution is -2.30. The quantitative estimate of drug-likeness (QED) is 0.553. The summed E-state index contributed by atoms with van der Waals surface area (Å²) in [4.78, 5) is 43.2. The molecule has 2 amide bonds. The van der Waals surface area contributed by atoms with Crippen molar-refractivity contribution in [3.63, 3.8) is 0 Å². The number of benzene rings is 2. The van der Waals surface area contributed by atoms with Gasteiger partial charge in [0.25, 0.3) is 5.91 Å². The van der Waals surface area contributed by atoms with E-state index in [2.05, 4.69) is 4.99 Å². The topological polar surface area (TPSA) is 81.0 Å². The maximum Gasteiger partial charge on any atom is 0.337 e. The van der Waals surface area contributed by atoms with Gasteiger partial charge in [-0.3, -0.25) is 9.59 Å². The summed E-state index contributed by atoms with van der Waals surface area (Å²) in [7, 11) is 3.16. The first-order valence-electron chi connectivity index (χ1n) is 9.69. The highest BCUT2D eigenvalue weighted by molar-refractivity contribution is 8.00. The smallest absolute Gasteiger partial charge is 0.337 e. The number of carbonyl (C=O) groups excluding carboxylic acids is 3. The number of nitrogens with zero attached hydrogens (tertiary/aromatic N) is 3. The Kier molecular flexibility index (Phi) is 6.24. The largest absolute Gasteiger partial charge is 0.465 e. The maximum atomic E-state index is 12.6. The summed E-state index contributed by atoms with van der Waals surface area (Å²) in [6.07, 6.45) is 0.862. The summed E-state index contributed by atoms with van der Waals surface area (Å²) in [5, 5.41) is 0. The number of para-hydroxylation sites is 1. The Labute approximate surface area is 187 Å². The van der Waals surface area contributed by atoms with Crippen molar-refractivity contribution >= 4 is 56.8 Å². The number of anilines is 1. The number of aromatic nitrogens is 1. The Morgan fingerprint density at radius 2 is 1.97 bits per heavy atom. The van der Waals surface area contributed by atoms with Gasteiger partial charge >= 0.3 is 5.97 Å². The van der Waals surface area contributed by atoms with Crippen molar-refractivity contribution in [2.75, 3.05) is 30.1 Å². The molecule has 0 aliphatic carbocycles. The lowest BCUT2D eigenvalue weighted by molar-refractivity contribution is -0.116. The van der Waals surface area contributed by atoms with E-state index in [-0.39, 0.29) is 23.3 Å². The minimum atomic E-state index is -0.408. The molecular weight excluding hydrogens is 434 g/mol. The van der Waals surface area contributed by atoms with Crippen LogP contribution in [0.3, 0.4) is 0 Å². The summed E-state index contributed by atoms with van der Waals surface area (Å²) in [6, 6.07) is 13.1. The molecule has 0 saturated carbocycles. The molecular formula is C22H21N3O4S2. The first kappa shape index (κ1) is 21.3. The van der Waals surface area contributed by atoms with E-state index in [9.17, 15) is 14.4 Å². The molecule has 7 nitrogen and oxygen atoms in total. The molecule has 9 heteroatoms. The number of hydrogen-bond donors (Lipinski definition) is 0. The third kappa shape index (κ3) is 4.42. The molecule has 1 aromatic heterocycles. The molecule has 0 bridgehead atoms. The molecule has 2 heterocycles. The molecule has 0 unspecified atom stereocenters. The van der Waals surface area contributed by atoms with Crippen LogP contribution in [-0.2, 0) is 27.8 Å². The summed E-state index contributed by atoms with van der Waals surface area (Å²) in [5.41, 5.74) is 3.47. The van der Waals surface area contributed by atoms with Crippen molar-refractivity contribution in [3.8, 4) is 0 Å². The predicted octanol–water partition coefficient (Wildman–Crippen LogP) is 2.78. The van der Waals surface area contributed by atoms with Crippen molar-refractivity contribution in [1.29, 1.82) is 0 Å². The molecule has 1 aliphatic rings. The Morgan fingerprint density at radius 3 is 2.77 bits per heavy atom. The van der Waals surface area contributed by atoms with E-state index in [0.29, 0.717) is 16.9 Å². The summed E-state index contributed by atoms with van der Waals surface area (Å²) in [6.45, 7) is 0.683. The van der Waals surface area contributed by atoms with E-state index >= 15 is 0 Å². The average molecular weight is 456 g/mol. The van der Waals surface area contributed by atoms with Gasteiger partial charge < -0.3 is 14.2 Å². The van der Waals surface area contributed by atoms with Crippen LogP contribution in [0.5, 0.6) is 0 Å². The minimum Gasteiger partial charge on any atom is -0.465 e. The van der Waals surface area contributed by atoms with Crippen molar-refractivity contribution in [2.45, 2.75) is 6.42 Å². The van der Waals surface area contributed by atoms with Gasteiger partial charge in [0, 0.05) is 19.3 Å². The van der Waals surface area contributed by atoms with Crippen molar-refractivity contribution < 1.29 is 19.1 Å². The molecule has 160 valence electrons. The van der Waals surface area contributed by atoms with Crippen LogP contribution >= 0.6 is 23.1 Å². The van der Waals surface area contributed by atoms with Gasteiger partial charge in [0.05, 0.1) is 34.4 Å². The highest BCUT2D eigenvalue weighted by atomic mass is 32.2. The van der Waals surface area contributed by atoms with Crippen LogP contribution in [0.15, 0.2) is 47.5 Å². The number of aryl methyl sites for hydroxylation is 1. The molecule has 0 radical (unpaired) electrons. The first-order chi connectivity index (χ1) is 15.0. The molecule has 1 aliphatic heterocycles. The molecule has 0 saturated heterocycles. The molecule has 31 heavy (non-hydrogen) atoms. The molecule has 0 fully saturated rings. The molecule has 0 atom stereocenters. The Bertz CT molecular complexity index is 1250. The van der Waals surface area contributed by atoms with Crippen molar-refractivity contribution in [2.24, 2.45) is 12.0 Å². The lowest BCUT2D eigenvalue weighted by Gasteiger charge is -2.16. The van der Waals surface area contributed by atoms with E-state index in [1.165, 1.54) is 35.8 Å². The zero-order chi connectivity index (χ0) is 22.0. The summed E-state index contributed by atoms with van der Waals surface area (Å²) in [5.74, 6) is -0.339. The number of methoxy groups -OCH3 is 1. The normalized spacial score (nSPS) is 13.5. The van der Waals surface area contributed by atoms with E-state index in [4.69, 9.17) is 4.74 Å². The summed E-state index contributed by atoms with van der Waals surface area (Å²) >= 11 is 2.60. The van der Waals surface area contributed by atoms with Crippen LogP contribution in [0.1, 0.15) is 15.9 Å². The van der Waals surface area contributed by atoms with Gasteiger partial charge in [-0.25, -0.2) is 4.79 Å². The van der Waals surface area contributed by atoms with Crippen LogP contribution < -0.4 is 9.70 Å². The molecule has 0 spiro atoms. The van der Waals surface area contributed by atoms with Crippen molar-refractivity contribution in [1.82, 2.24) is 4.57 Å².